The fourth-order valence-electron chi connectivity index (χ4n) is 1.73. The van der Waals surface area contributed by atoms with Crippen LogP contribution in [0, 0.1) is 11.6 Å². The monoisotopic (exact) mass is 293 g/mol. The predicted molar refractivity (Wildman–Crippen MR) is 71.7 cm³/mol. The fourth-order valence-corrected chi connectivity index (χ4v) is 1.73. The number of amides is 1. The number of benzene rings is 1. The van der Waals surface area contributed by atoms with Crippen molar-refractivity contribution >= 4 is 5.91 Å². The minimum absolute atomic E-state index is 0.0546. The van der Waals surface area contributed by atoms with Crippen LogP contribution in [0.4, 0.5) is 8.78 Å². The number of carbonyl (C=O) groups is 1. The first-order chi connectivity index (χ1) is 10.0. The van der Waals surface area contributed by atoms with Crippen molar-refractivity contribution in [3.63, 3.8) is 0 Å². The Morgan fingerprint density at radius 2 is 2.05 bits per heavy atom. The van der Waals surface area contributed by atoms with Gasteiger partial charge in [0.1, 0.15) is 17.3 Å². The minimum atomic E-state index is -0.734. The first-order valence-electron chi connectivity index (χ1n) is 6.31. The average Bonchev–Trinajstić information content (AvgIpc) is 2.46. The van der Waals surface area contributed by atoms with Crippen molar-refractivity contribution < 1.29 is 13.6 Å². The van der Waals surface area contributed by atoms with Crippen molar-refractivity contribution in [3.05, 3.63) is 63.6 Å². The van der Waals surface area contributed by atoms with E-state index in [-0.39, 0.29) is 23.4 Å². The van der Waals surface area contributed by atoms with E-state index in [1.807, 2.05) is 0 Å². The quantitative estimate of drug-likeness (QED) is 0.928. The van der Waals surface area contributed by atoms with Gasteiger partial charge in [0.15, 0.2) is 0 Å². The predicted octanol–water partition coefficient (Wildman–Crippen LogP) is 1.47. The van der Waals surface area contributed by atoms with Crippen LogP contribution < -0.4 is 10.9 Å². The van der Waals surface area contributed by atoms with Gasteiger partial charge >= 0.3 is 0 Å². The number of rotatable bonds is 4. The molecular formula is C14H13F2N3O2. The van der Waals surface area contributed by atoms with E-state index in [9.17, 15) is 18.4 Å². The van der Waals surface area contributed by atoms with E-state index in [0.717, 1.165) is 16.8 Å². The highest BCUT2D eigenvalue weighted by Gasteiger charge is 2.10. The largest absolute Gasteiger partial charge is 0.346 e. The molecule has 0 aliphatic rings. The molecule has 7 heteroatoms. The topological polar surface area (TPSA) is 64.0 Å². The maximum absolute atomic E-state index is 13.4. The standard InChI is InChI=1S/C14H13F2N3O2/c1-2-19-13(20)6-5-12(18-19)14(21)17-8-9-3-4-10(15)7-11(9)16/h3-7H,2,8H2,1H3,(H,17,21). The summed E-state index contributed by atoms with van der Waals surface area (Å²) in [5.41, 5.74) is -0.0915. The van der Waals surface area contributed by atoms with Crippen molar-refractivity contribution in [1.82, 2.24) is 15.1 Å². The number of halogens is 2. The van der Waals surface area contributed by atoms with Gasteiger partial charge in [-0.3, -0.25) is 9.59 Å². The molecular weight excluding hydrogens is 280 g/mol. The van der Waals surface area contributed by atoms with Crippen molar-refractivity contribution in [1.29, 1.82) is 0 Å². The van der Waals surface area contributed by atoms with E-state index in [1.54, 1.807) is 6.92 Å². The lowest BCUT2D eigenvalue weighted by molar-refractivity contribution is 0.0943. The second kappa shape index (κ2) is 6.25. The van der Waals surface area contributed by atoms with E-state index in [1.165, 1.54) is 18.2 Å². The first-order valence-corrected chi connectivity index (χ1v) is 6.31. The summed E-state index contributed by atoms with van der Waals surface area (Å²) in [7, 11) is 0. The third kappa shape index (κ3) is 3.50. The molecule has 1 aromatic carbocycles. The molecule has 0 bridgehead atoms. The lowest BCUT2D eigenvalue weighted by Crippen LogP contribution is -2.29. The summed E-state index contributed by atoms with van der Waals surface area (Å²) in [5.74, 6) is -1.96. The van der Waals surface area contributed by atoms with Gasteiger partial charge in [-0.1, -0.05) is 6.07 Å². The summed E-state index contributed by atoms with van der Waals surface area (Å²) in [5, 5.41) is 6.34. The molecule has 1 N–H and O–H groups in total. The average molecular weight is 293 g/mol. The number of hydrogen-bond donors (Lipinski definition) is 1. The van der Waals surface area contributed by atoms with E-state index < -0.39 is 17.5 Å². The molecule has 2 aromatic rings. The summed E-state index contributed by atoms with van der Waals surface area (Å²) >= 11 is 0. The Hall–Kier alpha value is -2.57. The smallest absolute Gasteiger partial charge is 0.271 e. The Kier molecular flexibility index (Phi) is 4.42. The summed E-state index contributed by atoms with van der Waals surface area (Å²) in [6.45, 7) is 1.97. The number of aromatic nitrogens is 2. The maximum Gasteiger partial charge on any atom is 0.271 e. The lowest BCUT2D eigenvalue weighted by Gasteiger charge is -2.07. The van der Waals surface area contributed by atoms with Gasteiger partial charge in [0, 0.05) is 30.8 Å². The van der Waals surface area contributed by atoms with Crippen molar-refractivity contribution in [3.8, 4) is 0 Å². The van der Waals surface area contributed by atoms with E-state index >= 15 is 0 Å². The molecule has 0 atom stereocenters. The van der Waals surface area contributed by atoms with Gasteiger partial charge in [0.2, 0.25) is 0 Å². The summed E-state index contributed by atoms with van der Waals surface area (Å²) in [4.78, 5) is 23.3. The highest BCUT2D eigenvalue weighted by molar-refractivity contribution is 5.91. The van der Waals surface area contributed by atoms with Gasteiger partial charge in [0.05, 0.1) is 0 Å². The minimum Gasteiger partial charge on any atom is -0.346 e. The van der Waals surface area contributed by atoms with E-state index in [2.05, 4.69) is 10.4 Å². The summed E-state index contributed by atoms with van der Waals surface area (Å²) in [6, 6.07) is 5.65. The molecule has 0 saturated carbocycles. The van der Waals surface area contributed by atoms with Crippen LogP contribution in [0.15, 0.2) is 35.1 Å². The zero-order chi connectivity index (χ0) is 15.4. The molecule has 0 aliphatic heterocycles. The third-order valence-electron chi connectivity index (χ3n) is 2.85. The second-order valence-electron chi connectivity index (χ2n) is 4.29. The Bertz CT molecular complexity index is 728. The lowest BCUT2D eigenvalue weighted by atomic mass is 10.2. The zero-order valence-corrected chi connectivity index (χ0v) is 11.3. The molecule has 0 saturated heterocycles. The molecule has 0 radical (unpaired) electrons. The van der Waals surface area contributed by atoms with Crippen molar-refractivity contribution in [2.45, 2.75) is 20.0 Å². The van der Waals surface area contributed by atoms with Crippen LogP contribution in [0.25, 0.3) is 0 Å². The molecule has 0 aliphatic carbocycles. The highest BCUT2D eigenvalue weighted by Crippen LogP contribution is 2.09. The highest BCUT2D eigenvalue weighted by atomic mass is 19.1. The van der Waals surface area contributed by atoms with Crippen LogP contribution in [0.1, 0.15) is 23.0 Å². The SMILES string of the molecule is CCn1nc(C(=O)NCc2ccc(F)cc2F)ccc1=O. The normalized spacial score (nSPS) is 10.4. The van der Waals surface area contributed by atoms with Crippen LogP contribution in [0.2, 0.25) is 0 Å². The Balaban J connectivity index is 2.09. The Labute approximate surface area is 119 Å². The number of aryl methyl sites for hydroxylation is 1. The van der Waals surface area contributed by atoms with Crippen LogP contribution in [-0.2, 0) is 13.1 Å². The Morgan fingerprint density at radius 1 is 1.29 bits per heavy atom. The van der Waals surface area contributed by atoms with Crippen LogP contribution in [-0.4, -0.2) is 15.7 Å². The van der Waals surface area contributed by atoms with Crippen molar-refractivity contribution in [2.75, 3.05) is 0 Å². The van der Waals surface area contributed by atoms with Gasteiger partial charge < -0.3 is 5.32 Å². The third-order valence-corrected chi connectivity index (χ3v) is 2.85. The molecule has 1 aromatic heterocycles. The molecule has 0 unspecified atom stereocenters. The number of carbonyl (C=O) groups excluding carboxylic acids is 1. The molecule has 1 amide bonds. The van der Waals surface area contributed by atoms with E-state index in [0.29, 0.717) is 6.54 Å². The molecule has 1 heterocycles. The summed E-state index contributed by atoms with van der Waals surface area (Å²) < 4.78 is 27.3. The Morgan fingerprint density at radius 3 is 2.71 bits per heavy atom. The van der Waals surface area contributed by atoms with Gasteiger partial charge in [-0.15, -0.1) is 0 Å². The molecule has 2 rings (SSSR count). The number of nitrogens with zero attached hydrogens (tertiary/aromatic N) is 2. The second-order valence-corrected chi connectivity index (χ2v) is 4.29. The fraction of sp³-hybridized carbons (Fsp3) is 0.214. The molecule has 0 fully saturated rings. The molecule has 0 spiro atoms. The van der Waals surface area contributed by atoms with E-state index in [4.69, 9.17) is 0 Å². The number of hydrogen-bond acceptors (Lipinski definition) is 3. The summed E-state index contributed by atoms with van der Waals surface area (Å²) in [6.07, 6.45) is 0. The molecule has 5 nitrogen and oxygen atoms in total. The number of nitrogens with one attached hydrogen (secondary N) is 1. The molecule has 110 valence electrons. The van der Waals surface area contributed by atoms with Gasteiger partial charge in [0.25, 0.3) is 11.5 Å². The zero-order valence-electron chi connectivity index (χ0n) is 11.3. The van der Waals surface area contributed by atoms with Crippen LogP contribution >= 0.6 is 0 Å². The van der Waals surface area contributed by atoms with Gasteiger partial charge in [-0.2, -0.15) is 5.10 Å². The van der Waals surface area contributed by atoms with Crippen LogP contribution in [0.5, 0.6) is 0 Å². The molecule has 21 heavy (non-hydrogen) atoms. The first kappa shape index (κ1) is 14.8. The van der Waals surface area contributed by atoms with Gasteiger partial charge in [-0.25, -0.2) is 13.5 Å². The van der Waals surface area contributed by atoms with Crippen LogP contribution in [0.3, 0.4) is 0 Å². The van der Waals surface area contributed by atoms with Gasteiger partial charge in [-0.05, 0) is 19.1 Å². The van der Waals surface area contributed by atoms with Crippen molar-refractivity contribution in [2.24, 2.45) is 0 Å². The maximum atomic E-state index is 13.4.